The maximum absolute atomic E-state index is 12.5. The molecule has 1 heterocycles. The molecule has 1 atom stereocenters. The highest BCUT2D eigenvalue weighted by Crippen LogP contribution is 2.34. The van der Waals surface area contributed by atoms with Crippen LogP contribution in [0.4, 0.5) is 4.79 Å². The van der Waals surface area contributed by atoms with Crippen LogP contribution in [0.1, 0.15) is 38.3 Å². The van der Waals surface area contributed by atoms with Gasteiger partial charge in [-0.25, -0.2) is 9.59 Å². The van der Waals surface area contributed by atoms with Gasteiger partial charge in [0.15, 0.2) is 0 Å². The summed E-state index contributed by atoms with van der Waals surface area (Å²) < 4.78 is 10.6. The number of hydrogen-bond acceptors (Lipinski definition) is 4. The van der Waals surface area contributed by atoms with Gasteiger partial charge in [0, 0.05) is 11.3 Å². The number of ether oxygens (including phenoxy) is 2. The molecule has 0 unspecified atom stereocenters. The first-order chi connectivity index (χ1) is 11.1. The standard InChI is InChI=1S/C17H22N2O4/c1-4-8-12-14(16(20)23-5-2)15(19-17(21)18-12)11-9-6-7-10-13(11)22-3/h6-7,9-10,15H,4-5,8H2,1-3H3,(H2,18,19,21)/t15-/m0/s1. The van der Waals surface area contributed by atoms with Gasteiger partial charge in [-0.1, -0.05) is 31.5 Å². The van der Waals surface area contributed by atoms with Crippen molar-refractivity contribution in [2.75, 3.05) is 13.7 Å². The topological polar surface area (TPSA) is 76.7 Å². The summed E-state index contributed by atoms with van der Waals surface area (Å²) in [6, 6.07) is 6.38. The lowest BCUT2D eigenvalue weighted by Gasteiger charge is -2.30. The van der Waals surface area contributed by atoms with Crippen molar-refractivity contribution in [3.63, 3.8) is 0 Å². The first kappa shape index (κ1) is 16.9. The molecule has 0 aliphatic carbocycles. The Kier molecular flexibility index (Phi) is 5.62. The molecule has 1 aliphatic rings. The number of allylic oxidation sites excluding steroid dienone is 1. The van der Waals surface area contributed by atoms with E-state index in [0.29, 0.717) is 23.4 Å². The molecule has 1 aromatic carbocycles. The summed E-state index contributed by atoms with van der Waals surface area (Å²) in [5.41, 5.74) is 1.75. The zero-order valence-electron chi connectivity index (χ0n) is 13.6. The first-order valence-corrected chi connectivity index (χ1v) is 7.72. The Bertz CT molecular complexity index is 625. The Morgan fingerprint density at radius 2 is 2.00 bits per heavy atom. The quantitative estimate of drug-likeness (QED) is 0.791. The number of hydrogen-bond donors (Lipinski definition) is 2. The molecule has 0 aromatic heterocycles. The zero-order valence-corrected chi connectivity index (χ0v) is 13.6. The molecule has 6 heteroatoms. The molecule has 124 valence electrons. The number of urea groups is 1. The number of carbonyl (C=O) groups is 2. The van der Waals surface area contributed by atoms with Gasteiger partial charge < -0.3 is 20.1 Å². The molecule has 0 saturated heterocycles. The summed E-state index contributed by atoms with van der Waals surface area (Å²) >= 11 is 0. The van der Waals surface area contributed by atoms with Crippen molar-refractivity contribution in [3.8, 4) is 5.75 Å². The fraction of sp³-hybridized carbons (Fsp3) is 0.412. The van der Waals surface area contributed by atoms with Crippen LogP contribution in [0.15, 0.2) is 35.5 Å². The smallest absolute Gasteiger partial charge is 0.338 e. The summed E-state index contributed by atoms with van der Waals surface area (Å²) in [5, 5.41) is 5.53. The maximum Gasteiger partial charge on any atom is 0.338 e. The van der Waals surface area contributed by atoms with E-state index in [0.717, 1.165) is 12.0 Å². The van der Waals surface area contributed by atoms with Gasteiger partial charge in [0.25, 0.3) is 0 Å². The third-order valence-corrected chi connectivity index (χ3v) is 3.60. The second-order valence-electron chi connectivity index (χ2n) is 5.14. The van der Waals surface area contributed by atoms with Crippen LogP contribution in [0, 0.1) is 0 Å². The number of amides is 2. The van der Waals surface area contributed by atoms with Crippen molar-refractivity contribution in [2.45, 2.75) is 32.7 Å². The Morgan fingerprint density at radius 3 is 2.65 bits per heavy atom. The SMILES string of the molecule is CCCC1=C(C(=O)OCC)[C@H](c2ccccc2OC)NC(=O)N1. The van der Waals surface area contributed by atoms with Crippen molar-refractivity contribution >= 4 is 12.0 Å². The van der Waals surface area contributed by atoms with Gasteiger partial charge in [-0.2, -0.15) is 0 Å². The van der Waals surface area contributed by atoms with Gasteiger partial charge in [-0.05, 0) is 19.4 Å². The van der Waals surface area contributed by atoms with Crippen LogP contribution in [-0.2, 0) is 9.53 Å². The number of para-hydroxylation sites is 1. The number of benzene rings is 1. The predicted molar refractivity (Wildman–Crippen MR) is 86.0 cm³/mol. The average molecular weight is 318 g/mol. The molecule has 6 nitrogen and oxygen atoms in total. The fourth-order valence-electron chi connectivity index (χ4n) is 2.65. The lowest BCUT2D eigenvalue weighted by molar-refractivity contribution is -0.139. The monoisotopic (exact) mass is 318 g/mol. The predicted octanol–water partition coefficient (Wildman–Crippen LogP) is 2.67. The van der Waals surface area contributed by atoms with Crippen LogP contribution in [0.2, 0.25) is 0 Å². The van der Waals surface area contributed by atoms with E-state index < -0.39 is 12.0 Å². The minimum atomic E-state index is -0.597. The highest BCUT2D eigenvalue weighted by atomic mass is 16.5. The summed E-state index contributed by atoms with van der Waals surface area (Å²) in [7, 11) is 1.56. The van der Waals surface area contributed by atoms with E-state index in [9.17, 15) is 9.59 Å². The zero-order chi connectivity index (χ0) is 16.8. The molecule has 0 bridgehead atoms. The van der Waals surface area contributed by atoms with E-state index in [-0.39, 0.29) is 12.6 Å². The lowest BCUT2D eigenvalue weighted by atomic mass is 9.93. The molecular weight excluding hydrogens is 296 g/mol. The van der Waals surface area contributed by atoms with Crippen molar-refractivity contribution in [2.24, 2.45) is 0 Å². The molecule has 23 heavy (non-hydrogen) atoms. The van der Waals surface area contributed by atoms with E-state index in [1.54, 1.807) is 20.1 Å². The molecule has 1 aliphatic heterocycles. The van der Waals surface area contributed by atoms with Gasteiger partial charge >= 0.3 is 12.0 Å². The van der Waals surface area contributed by atoms with Crippen LogP contribution in [0.3, 0.4) is 0 Å². The molecule has 0 saturated carbocycles. The molecule has 2 N–H and O–H groups in total. The van der Waals surface area contributed by atoms with Crippen LogP contribution < -0.4 is 15.4 Å². The fourth-order valence-corrected chi connectivity index (χ4v) is 2.65. The maximum atomic E-state index is 12.5. The highest BCUT2D eigenvalue weighted by Gasteiger charge is 2.34. The summed E-state index contributed by atoms with van der Waals surface area (Å²) in [4.78, 5) is 24.5. The second-order valence-corrected chi connectivity index (χ2v) is 5.14. The van der Waals surface area contributed by atoms with E-state index in [1.165, 1.54) is 0 Å². The number of nitrogens with one attached hydrogen (secondary N) is 2. The highest BCUT2D eigenvalue weighted by molar-refractivity contribution is 5.95. The number of carbonyl (C=O) groups excluding carboxylic acids is 2. The Labute approximate surface area is 135 Å². The molecule has 1 aromatic rings. The van der Waals surface area contributed by atoms with Gasteiger partial charge in [0.2, 0.25) is 0 Å². The number of methoxy groups -OCH3 is 1. The van der Waals surface area contributed by atoms with Crippen molar-refractivity contribution in [3.05, 3.63) is 41.1 Å². The van der Waals surface area contributed by atoms with Crippen LogP contribution in [-0.4, -0.2) is 25.7 Å². The number of esters is 1. The summed E-state index contributed by atoms with van der Waals surface area (Å²) in [6.45, 7) is 4.02. The normalized spacial score (nSPS) is 17.3. The molecule has 0 fully saturated rings. The van der Waals surface area contributed by atoms with E-state index in [4.69, 9.17) is 9.47 Å². The van der Waals surface area contributed by atoms with Crippen LogP contribution >= 0.6 is 0 Å². The minimum Gasteiger partial charge on any atom is -0.496 e. The van der Waals surface area contributed by atoms with E-state index in [1.807, 2.05) is 25.1 Å². The molecule has 0 spiro atoms. The van der Waals surface area contributed by atoms with Gasteiger partial charge in [0.05, 0.1) is 25.3 Å². The molecule has 2 rings (SSSR count). The lowest BCUT2D eigenvalue weighted by Crippen LogP contribution is -2.46. The Balaban J connectivity index is 2.55. The minimum absolute atomic E-state index is 0.272. The second kappa shape index (κ2) is 7.67. The Hall–Kier alpha value is -2.50. The summed E-state index contributed by atoms with van der Waals surface area (Å²) in [5.74, 6) is 0.178. The third kappa shape index (κ3) is 3.64. The third-order valence-electron chi connectivity index (χ3n) is 3.60. The van der Waals surface area contributed by atoms with Gasteiger partial charge in [-0.3, -0.25) is 0 Å². The summed E-state index contributed by atoms with van der Waals surface area (Å²) in [6.07, 6.45) is 1.39. The van der Waals surface area contributed by atoms with Gasteiger partial charge in [0.1, 0.15) is 5.75 Å². The Morgan fingerprint density at radius 1 is 1.26 bits per heavy atom. The first-order valence-electron chi connectivity index (χ1n) is 7.72. The molecule has 2 amide bonds. The van der Waals surface area contributed by atoms with Gasteiger partial charge in [-0.15, -0.1) is 0 Å². The molecule has 0 radical (unpaired) electrons. The number of rotatable bonds is 6. The van der Waals surface area contributed by atoms with E-state index >= 15 is 0 Å². The van der Waals surface area contributed by atoms with Crippen LogP contribution in [0.5, 0.6) is 5.75 Å². The van der Waals surface area contributed by atoms with Crippen molar-refractivity contribution in [1.82, 2.24) is 10.6 Å². The van der Waals surface area contributed by atoms with E-state index in [2.05, 4.69) is 10.6 Å². The van der Waals surface area contributed by atoms with Crippen molar-refractivity contribution < 1.29 is 19.1 Å². The average Bonchev–Trinajstić information content (AvgIpc) is 2.54. The molecular formula is C17H22N2O4. The largest absolute Gasteiger partial charge is 0.496 e. The van der Waals surface area contributed by atoms with Crippen LogP contribution in [0.25, 0.3) is 0 Å². The van der Waals surface area contributed by atoms with Crippen molar-refractivity contribution in [1.29, 1.82) is 0 Å².